The van der Waals surface area contributed by atoms with Crippen molar-refractivity contribution in [2.24, 2.45) is 0 Å². The molecule has 0 aromatic heterocycles. The minimum Gasteiger partial charge on any atom is -0.373 e. The second kappa shape index (κ2) is 5.81. The van der Waals surface area contributed by atoms with E-state index in [0.717, 1.165) is 0 Å². The Morgan fingerprint density at radius 1 is 1.20 bits per heavy atom. The molecule has 1 heterocycles. The standard InChI is InChI=1S/C13H17Cl2NO3S/c1-8-6-16(7-9(2)19-8)20(17,18)12-5-4-11(14)10(3)13(12)15/h4-5,8-9H,6-7H2,1-3H3/t8-,9+. The van der Waals surface area contributed by atoms with Gasteiger partial charge in [-0.25, -0.2) is 8.42 Å². The number of hydrogen-bond donors (Lipinski definition) is 0. The van der Waals surface area contributed by atoms with Crippen molar-refractivity contribution < 1.29 is 13.2 Å². The van der Waals surface area contributed by atoms with Crippen molar-refractivity contribution in [3.63, 3.8) is 0 Å². The highest BCUT2D eigenvalue weighted by atomic mass is 35.5. The number of hydrogen-bond acceptors (Lipinski definition) is 3. The number of nitrogens with zero attached hydrogens (tertiary/aromatic N) is 1. The van der Waals surface area contributed by atoms with Crippen LogP contribution in [-0.2, 0) is 14.8 Å². The van der Waals surface area contributed by atoms with Crippen LogP contribution in [-0.4, -0.2) is 38.0 Å². The smallest absolute Gasteiger partial charge is 0.244 e. The molecule has 4 nitrogen and oxygen atoms in total. The summed E-state index contributed by atoms with van der Waals surface area (Å²) >= 11 is 12.1. The SMILES string of the molecule is Cc1c(Cl)ccc(S(=O)(=O)N2C[C@@H](C)O[C@@H](C)C2)c1Cl. The summed E-state index contributed by atoms with van der Waals surface area (Å²) in [5.74, 6) is 0. The molecule has 1 fully saturated rings. The third-order valence-corrected chi connectivity index (χ3v) is 6.17. The molecule has 2 rings (SSSR count). The molecular formula is C13H17Cl2NO3S. The van der Waals surface area contributed by atoms with E-state index in [1.807, 2.05) is 13.8 Å². The molecule has 20 heavy (non-hydrogen) atoms. The van der Waals surface area contributed by atoms with Crippen LogP contribution < -0.4 is 0 Å². The van der Waals surface area contributed by atoms with Crippen LogP contribution in [0.15, 0.2) is 17.0 Å². The van der Waals surface area contributed by atoms with Crippen LogP contribution >= 0.6 is 23.2 Å². The molecule has 0 spiro atoms. The molecular weight excluding hydrogens is 321 g/mol. The maximum absolute atomic E-state index is 12.7. The number of benzene rings is 1. The highest BCUT2D eigenvalue weighted by Crippen LogP contribution is 2.32. The monoisotopic (exact) mass is 337 g/mol. The van der Waals surface area contributed by atoms with Crippen LogP contribution in [0.4, 0.5) is 0 Å². The van der Waals surface area contributed by atoms with Gasteiger partial charge in [0.1, 0.15) is 4.90 Å². The van der Waals surface area contributed by atoms with E-state index < -0.39 is 10.0 Å². The van der Waals surface area contributed by atoms with E-state index in [4.69, 9.17) is 27.9 Å². The fourth-order valence-electron chi connectivity index (χ4n) is 2.30. The summed E-state index contributed by atoms with van der Waals surface area (Å²) in [4.78, 5) is 0.0994. The third-order valence-electron chi connectivity index (χ3n) is 3.29. The predicted octanol–water partition coefficient (Wildman–Crippen LogP) is 3.10. The molecule has 0 N–H and O–H groups in total. The molecule has 0 radical (unpaired) electrons. The molecule has 0 aliphatic carbocycles. The minimum absolute atomic E-state index is 0.0994. The fraction of sp³-hybridized carbons (Fsp3) is 0.538. The Morgan fingerprint density at radius 2 is 1.75 bits per heavy atom. The summed E-state index contributed by atoms with van der Waals surface area (Å²) in [6, 6.07) is 3.01. The van der Waals surface area contributed by atoms with Gasteiger partial charge >= 0.3 is 0 Å². The number of ether oxygens (including phenoxy) is 1. The summed E-state index contributed by atoms with van der Waals surface area (Å²) in [6.45, 7) is 6.06. The summed E-state index contributed by atoms with van der Waals surface area (Å²) in [7, 11) is -3.64. The van der Waals surface area contributed by atoms with E-state index >= 15 is 0 Å². The van der Waals surface area contributed by atoms with Gasteiger partial charge in [-0.3, -0.25) is 0 Å². The van der Waals surface area contributed by atoms with Gasteiger partial charge in [0.2, 0.25) is 10.0 Å². The maximum Gasteiger partial charge on any atom is 0.244 e. The summed E-state index contributed by atoms with van der Waals surface area (Å²) in [5.41, 5.74) is 0.573. The number of rotatable bonds is 2. The number of morpholine rings is 1. The predicted molar refractivity (Wildman–Crippen MR) is 80.0 cm³/mol. The fourth-order valence-corrected chi connectivity index (χ4v) is 4.68. The first-order chi connectivity index (χ1) is 9.23. The zero-order valence-corrected chi connectivity index (χ0v) is 13.9. The quantitative estimate of drug-likeness (QED) is 0.832. The lowest BCUT2D eigenvalue weighted by atomic mass is 10.2. The molecule has 0 unspecified atom stereocenters. The van der Waals surface area contributed by atoms with Crippen molar-refractivity contribution in [1.82, 2.24) is 4.31 Å². The second-order valence-corrected chi connectivity index (χ2v) is 7.76. The highest BCUT2D eigenvalue weighted by molar-refractivity contribution is 7.89. The molecule has 1 aliphatic heterocycles. The minimum atomic E-state index is -3.64. The van der Waals surface area contributed by atoms with Gasteiger partial charge in [0, 0.05) is 18.1 Å². The van der Waals surface area contributed by atoms with Gasteiger partial charge < -0.3 is 4.74 Å². The number of sulfonamides is 1. The van der Waals surface area contributed by atoms with Crippen molar-refractivity contribution in [2.75, 3.05) is 13.1 Å². The van der Waals surface area contributed by atoms with Crippen LogP contribution in [0.3, 0.4) is 0 Å². The van der Waals surface area contributed by atoms with Crippen LogP contribution in [0.1, 0.15) is 19.4 Å². The molecule has 7 heteroatoms. The Bertz CT molecular complexity index is 608. The molecule has 1 aromatic carbocycles. The van der Waals surface area contributed by atoms with Crippen molar-refractivity contribution in [3.05, 3.63) is 27.7 Å². The third kappa shape index (κ3) is 2.97. The van der Waals surface area contributed by atoms with E-state index in [1.165, 1.54) is 10.4 Å². The van der Waals surface area contributed by atoms with E-state index in [0.29, 0.717) is 23.7 Å². The molecule has 0 bridgehead atoms. The van der Waals surface area contributed by atoms with Crippen LogP contribution in [0.5, 0.6) is 0 Å². The van der Waals surface area contributed by atoms with Gasteiger partial charge in [0.25, 0.3) is 0 Å². The highest BCUT2D eigenvalue weighted by Gasteiger charge is 2.33. The van der Waals surface area contributed by atoms with Crippen LogP contribution in [0.2, 0.25) is 10.0 Å². The van der Waals surface area contributed by atoms with Crippen molar-refractivity contribution in [2.45, 2.75) is 37.9 Å². The lowest BCUT2D eigenvalue weighted by Crippen LogP contribution is -2.48. The van der Waals surface area contributed by atoms with Crippen LogP contribution in [0.25, 0.3) is 0 Å². The average Bonchev–Trinajstić information content (AvgIpc) is 2.34. The van der Waals surface area contributed by atoms with E-state index in [2.05, 4.69) is 0 Å². The summed E-state index contributed by atoms with van der Waals surface area (Å²) in [6.07, 6.45) is -0.276. The normalized spacial score (nSPS) is 24.9. The van der Waals surface area contributed by atoms with Gasteiger partial charge in [-0.2, -0.15) is 4.31 Å². The molecule has 0 amide bonds. The Labute approximate surface area is 129 Å². The van der Waals surface area contributed by atoms with Crippen LogP contribution in [0, 0.1) is 6.92 Å². The summed E-state index contributed by atoms with van der Waals surface area (Å²) < 4.78 is 32.4. The van der Waals surface area contributed by atoms with E-state index in [1.54, 1.807) is 13.0 Å². The van der Waals surface area contributed by atoms with E-state index in [-0.39, 0.29) is 22.1 Å². The van der Waals surface area contributed by atoms with E-state index in [9.17, 15) is 8.42 Å². The molecule has 1 aliphatic rings. The lowest BCUT2D eigenvalue weighted by molar-refractivity contribution is -0.0440. The van der Waals surface area contributed by atoms with Gasteiger partial charge in [-0.1, -0.05) is 23.2 Å². The molecule has 112 valence electrons. The zero-order valence-electron chi connectivity index (χ0n) is 11.6. The first-order valence-electron chi connectivity index (χ1n) is 6.33. The van der Waals surface area contributed by atoms with Gasteiger partial charge in [-0.15, -0.1) is 0 Å². The Hall–Kier alpha value is -0.330. The topological polar surface area (TPSA) is 46.6 Å². The maximum atomic E-state index is 12.7. The lowest BCUT2D eigenvalue weighted by Gasteiger charge is -2.34. The first-order valence-corrected chi connectivity index (χ1v) is 8.53. The number of halogens is 2. The van der Waals surface area contributed by atoms with Crippen molar-refractivity contribution >= 4 is 33.2 Å². The zero-order chi connectivity index (χ0) is 15.1. The average molecular weight is 338 g/mol. The summed E-state index contributed by atoms with van der Waals surface area (Å²) in [5, 5.41) is 0.641. The largest absolute Gasteiger partial charge is 0.373 e. The molecule has 0 saturated carbocycles. The van der Waals surface area contributed by atoms with Gasteiger partial charge in [0.15, 0.2) is 0 Å². The second-order valence-electron chi connectivity index (χ2n) is 5.06. The molecule has 1 saturated heterocycles. The Balaban J connectivity index is 2.43. The van der Waals surface area contributed by atoms with Crippen molar-refractivity contribution in [3.8, 4) is 0 Å². The molecule has 1 aromatic rings. The molecule has 2 atom stereocenters. The Morgan fingerprint density at radius 3 is 2.30 bits per heavy atom. The Kier molecular flexibility index (Phi) is 4.66. The van der Waals surface area contributed by atoms with Gasteiger partial charge in [-0.05, 0) is 38.5 Å². The first kappa shape index (κ1) is 16.0. The van der Waals surface area contributed by atoms with Crippen molar-refractivity contribution in [1.29, 1.82) is 0 Å². The van der Waals surface area contributed by atoms with Gasteiger partial charge in [0.05, 0.1) is 17.2 Å².